The molecule has 1 aromatic rings. The number of nitrogens with zero attached hydrogens (tertiary/aromatic N) is 1. The molecule has 0 radical (unpaired) electrons. The summed E-state index contributed by atoms with van der Waals surface area (Å²) in [4.78, 5) is 14.1. The Morgan fingerprint density at radius 1 is 1.19 bits per heavy atom. The van der Waals surface area contributed by atoms with Crippen molar-refractivity contribution in [1.29, 1.82) is 0 Å². The van der Waals surface area contributed by atoms with Crippen LogP contribution in [0.15, 0.2) is 30.3 Å². The Morgan fingerprint density at radius 2 is 1.78 bits per heavy atom. The van der Waals surface area contributed by atoms with Gasteiger partial charge in [0, 0.05) is 24.9 Å². The van der Waals surface area contributed by atoms with Crippen molar-refractivity contribution in [3.05, 3.63) is 35.9 Å². The third-order valence-corrected chi connectivity index (χ3v) is 6.40. The minimum atomic E-state index is -1.22. The van der Waals surface area contributed by atoms with E-state index >= 15 is 0 Å². The lowest BCUT2D eigenvalue weighted by Gasteiger charge is -2.39. The molecule has 0 saturated carbocycles. The Balaban J connectivity index is 2.42. The van der Waals surface area contributed by atoms with Gasteiger partial charge in [-0.15, -0.1) is 0 Å². The second-order valence-electron chi connectivity index (χ2n) is 9.63. The predicted octanol–water partition coefficient (Wildman–Crippen LogP) is 4.23. The van der Waals surface area contributed by atoms with Gasteiger partial charge in [0.05, 0.1) is 6.10 Å². The average Bonchev–Trinajstić information content (AvgIpc) is 2.95. The van der Waals surface area contributed by atoms with Crippen LogP contribution < -0.4 is 0 Å². The van der Waals surface area contributed by atoms with E-state index in [0.717, 1.165) is 13.1 Å². The van der Waals surface area contributed by atoms with Crippen LogP contribution in [0.5, 0.6) is 0 Å². The van der Waals surface area contributed by atoms with Gasteiger partial charge in [-0.25, -0.2) is 0 Å². The summed E-state index contributed by atoms with van der Waals surface area (Å²) >= 11 is 0. The fourth-order valence-corrected chi connectivity index (χ4v) is 5.75. The number of hydrogen-bond donors (Lipinski definition) is 1. The molecule has 0 amide bonds. The summed E-state index contributed by atoms with van der Waals surface area (Å²) < 4.78 is 6.56. The summed E-state index contributed by atoms with van der Waals surface area (Å²) in [7, 11) is -1.22. The molecule has 1 fully saturated rings. The van der Waals surface area contributed by atoms with Gasteiger partial charge in [0.15, 0.2) is 9.04 Å². The van der Waals surface area contributed by atoms with E-state index in [0.29, 0.717) is 11.8 Å². The van der Waals surface area contributed by atoms with Crippen molar-refractivity contribution in [2.75, 3.05) is 13.1 Å². The highest BCUT2D eigenvalue weighted by Gasteiger charge is 2.46. The smallest absolute Gasteiger partial charge is 0.321 e. The zero-order valence-corrected chi connectivity index (χ0v) is 19.1. The number of carboxylic acids is 1. The summed E-state index contributed by atoms with van der Waals surface area (Å²) in [5.74, 6) is -0.0539. The minimum Gasteiger partial charge on any atom is -0.480 e. The molecule has 1 heterocycles. The molecule has 4 atom stereocenters. The first-order valence-corrected chi connectivity index (χ1v) is 13.0. The minimum absolute atomic E-state index is 0.0154. The number of likely N-dealkylation sites (tertiary alicyclic amines) is 1. The number of rotatable bonds is 7. The Kier molecular flexibility index (Phi) is 7.28. The maximum atomic E-state index is 12.0. The molecule has 1 aliphatic heterocycles. The van der Waals surface area contributed by atoms with Gasteiger partial charge in [-0.1, -0.05) is 65.0 Å². The van der Waals surface area contributed by atoms with Crippen molar-refractivity contribution in [3.8, 4) is 0 Å². The first-order valence-electron chi connectivity index (χ1n) is 10.2. The molecule has 1 unspecified atom stereocenters. The van der Waals surface area contributed by atoms with E-state index in [-0.39, 0.29) is 17.4 Å². The molecular formula is C22H37NO3Si. The van der Waals surface area contributed by atoms with Crippen LogP contribution in [0.1, 0.15) is 46.1 Å². The van der Waals surface area contributed by atoms with Gasteiger partial charge in [0.2, 0.25) is 0 Å². The van der Waals surface area contributed by atoms with Crippen LogP contribution in [0.2, 0.25) is 13.1 Å². The van der Waals surface area contributed by atoms with Crippen LogP contribution >= 0.6 is 0 Å². The fourth-order valence-electron chi connectivity index (χ4n) is 4.55. The SMILES string of the molecule is CC(C)[C@H](C(=O)O)N1C[C@H](c2ccccc2)[C@@H](C(O[SiH](C)C)C(C)(C)C)C1. The second kappa shape index (κ2) is 8.89. The second-order valence-corrected chi connectivity index (χ2v) is 12.0. The topological polar surface area (TPSA) is 49.8 Å². The maximum absolute atomic E-state index is 12.0. The van der Waals surface area contributed by atoms with E-state index < -0.39 is 21.1 Å². The number of benzene rings is 1. The normalized spacial score (nSPS) is 23.7. The number of carboxylic acid groups (broad SMARTS) is 1. The van der Waals surface area contributed by atoms with Crippen molar-refractivity contribution in [1.82, 2.24) is 4.90 Å². The summed E-state index contributed by atoms with van der Waals surface area (Å²) in [5.41, 5.74) is 1.31. The number of hydrogen-bond acceptors (Lipinski definition) is 3. The number of aliphatic carboxylic acids is 1. The van der Waals surface area contributed by atoms with Crippen LogP contribution in [0.4, 0.5) is 0 Å². The van der Waals surface area contributed by atoms with E-state index in [1.165, 1.54) is 5.56 Å². The molecule has 4 nitrogen and oxygen atoms in total. The van der Waals surface area contributed by atoms with Crippen molar-refractivity contribution < 1.29 is 14.3 Å². The van der Waals surface area contributed by atoms with Crippen LogP contribution in [-0.2, 0) is 9.22 Å². The van der Waals surface area contributed by atoms with Gasteiger partial charge >= 0.3 is 5.97 Å². The lowest BCUT2D eigenvalue weighted by atomic mass is 9.75. The van der Waals surface area contributed by atoms with Gasteiger partial charge in [0.1, 0.15) is 6.04 Å². The quantitative estimate of drug-likeness (QED) is 0.707. The Hall–Kier alpha value is -1.17. The molecule has 5 heteroatoms. The van der Waals surface area contributed by atoms with Gasteiger partial charge in [-0.3, -0.25) is 9.69 Å². The Bertz CT molecular complexity index is 612. The molecule has 2 rings (SSSR count). The van der Waals surface area contributed by atoms with Crippen LogP contribution in [0, 0.1) is 17.3 Å². The van der Waals surface area contributed by atoms with Crippen LogP contribution in [0.25, 0.3) is 0 Å². The molecule has 1 aliphatic rings. The highest BCUT2D eigenvalue weighted by atomic mass is 28.3. The molecule has 0 bridgehead atoms. The fraction of sp³-hybridized carbons (Fsp3) is 0.682. The first-order chi connectivity index (χ1) is 12.5. The van der Waals surface area contributed by atoms with Crippen LogP contribution in [0.3, 0.4) is 0 Å². The van der Waals surface area contributed by atoms with Gasteiger partial charge in [-0.2, -0.15) is 0 Å². The molecule has 1 aromatic carbocycles. The van der Waals surface area contributed by atoms with E-state index in [4.69, 9.17) is 4.43 Å². The molecule has 1 saturated heterocycles. The first kappa shape index (κ1) is 22.1. The van der Waals surface area contributed by atoms with Gasteiger partial charge < -0.3 is 9.53 Å². The summed E-state index contributed by atoms with van der Waals surface area (Å²) in [5, 5.41) is 9.83. The van der Waals surface area contributed by atoms with E-state index in [2.05, 4.69) is 63.0 Å². The van der Waals surface area contributed by atoms with E-state index in [1.807, 2.05) is 19.9 Å². The lowest BCUT2D eigenvalue weighted by Crippen LogP contribution is -2.45. The monoisotopic (exact) mass is 391 g/mol. The summed E-state index contributed by atoms with van der Waals surface area (Å²) in [6.07, 6.45) is 0.126. The molecule has 0 aromatic heterocycles. The van der Waals surface area contributed by atoms with Crippen molar-refractivity contribution in [2.24, 2.45) is 17.3 Å². The van der Waals surface area contributed by atoms with Crippen molar-refractivity contribution >= 4 is 15.0 Å². The van der Waals surface area contributed by atoms with E-state index in [1.54, 1.807) is 0 Å². The zero-order chi connectivity index (χ0) is 20.4. The van der Waals surface area contributed by atoms with Crippen molar-refractivity contribution in [2.45, 2.75) is 65.8 Å². The maximum Gasteiger partial charge on any atom is 0.321 e. The third-order valence-electron chi connectivity index (χ3n) is 5.56. The molecule has 1 N–H and O–H groups in total. The lowest BCUT2D eigenvalue weighted by molar-refractivity contribution is -0.144. The molecule has 27 heavy (non-hydrogen) atoms. The largest absolute Gasteiger partial charge is 0.480 e. The molecule has 0 spiro atoms. The molecule has 152 valence electrons. The highest BCUT2D eigenvalue weighted by Crippen LogP contribution is 2.43. The van der Waals surface area contributed by atoms with Crippen LogP contribution in [-0.4, -0.2) is 50.3 Å². The standard InChI is InChI=1S/C22H37NO3Si/c1-15(2)19(21(24)25)23-13-17(16-11-9-8-10-12-16)18(14-23)20(22(3,4)5)26-27(6)7/h8-12,15,17-20,27H,13-14H2,1-7H3,(H,24,25)/t17-,18+,19-,20?/m1/s1. The van der Waals surface area contributed by atoms with Gasteiger partial charge in [0.25, 0.3) is 0 Å². The van der Waals surface area contributed by atoms with E-state index in [9.17, 15) is 9.90 Å². The van der Waals surface area contributed by atoms with Gasteiger partial charge in [-0.05, 0) is 30.0 Å². The summed E-state index contributed by atoms with van der Waals surface area (Å²) in [6.45, 7) is 16.7. The average molecular weight is 392 g/mol. The predicted molar refractivity (Wildman–Crippen MR) is 114 cm³/mol. The number of carbonyl (C=O) groups is 1. The Morgan fingerprint density at radius 3 is 2.22 bits per heavy atom. The van der Waals surface area contributed by atoms with Crippen molar-refractivity contribution in [3.63, 3.8) is 0 Å². The molecular weight excluding hydrogens is 354 g/mol. The highest BCUT2D eigenvalue weighted by molar-refractivity contribution is 6.48. The summed E-state index contributed by atoms with van der Waals surface area (Å²) in [6, 6.07) is 10.1. The third kappa shape index (κ3) is 5.43. The molecule has 0 aliphatic carbocycles. The Labute approximate surface area is 166 Å². The zero-order valence-electron chi connectivity index (χ0n) is 18.0.